The molecule has 0 spiro atoms. The van der Waals surface area contributed by atoms with Gasteiger partial charge in [-0.05, 0) is 43.5 Å². The summed E-state index contributed by atoms with van der Waals surface area (Å²) in [7, 11) is -0.229. The van der Waals surface area contributed by atoms with E-state index in [1.54, 1.807) is 37.2 Å². The number of nitrogens with zero attached hydrogens (tertiary/aromatic N) is 2. The number of amides is 1. The summed E-state index contributed by atoms with van der Waals surface area (Å²) in [5.74, 6) is -0.196. The molecule has 2 aromatic carbocycles. The highest BCUT2D eigenvalue weighted by atomic mass is 32.2. The van der Waals surface area contributed by atoms with Gasteiger partial charge in [-0.25, -0.2) is 8.42 Å². The van der Waals surface area contributed by atoms with Gasteiger partial charge in [-0.1, -0.05) is 55.7 Å². The second-order valence-corrected chi connectivity index (χ2v) is 9.84. The number of carbonyl (C=O) groups is 1. The molecule has 156 valence electrons. The first-order valence-electron chi connectivity index (χ1n) is 10.2. The smallest absolute Gasteiger partial charge is 0.254 e. The van der Waals surface area contributed by atoms with Crippen LogP contribution in [0.25, 0.3) is 0 Å². The van der Waals surface area contributed by atoms with Crippen molar-refractivity contribution in [3.63, 3.8) is 0 Å². The van der Waals surface area contributed by atoms with Gasteiger partial charge < -0.3 is 4.90 Å². The Hall–Kier alpha value is -2.18. The second kappa shape index (κ2) is 9.09. The molecule has 5 nitrogen and oxygen atoms in total. The van der Waals surface area contributed by atoms with Crippen molar-refractivity contribution >= 4 is 15.9 Å². The van der Waals surface area contributed by atoms with Crippen molar-refractivity contribution in [2.24, 2.45) is 0 Å². The Kier molecular flexibility index (Phi) is 6.75. The number of sulfonamides is 1. The van der Waals surface area contributed by atoms with Crippen LogP contribution in [-0.4, -0.2) is 43.7 Å². The monoisotopic (exact) mass is 414 g/mol. The lowest BCUT2D eigenvalue weighted by Crippen LogP contribution is -2.38. The minimum Gasteiger partial charge on any atom is -0.335 e. The topological polar surface area (TPSA) is 57.7 Å². The van der Waals surface area contributed by atoms with Crippen molar-refractivity contribution in [2.75, 3.05) is 14.1 Å². The van der Waals surface area contributed by atoms with Crippen LogP contribution in [0.2, 0.25) is 0 Å². The summed E-state index contributed by atoms with van der Waals surface area (Å²) in [5, 5.41) is 0. The third-order valence-electron chi connectivity index (χ3n) is 6.03. The van der Waals surface area contributed by atoms with Crippen LogP contribution in [0.1, 0.15) is 61.0 Å². The summed E-state index contributed by atoms with van der Waals surface area (Å²) in [5.41, 5.74) is 1.41. The van der Waals surface area contributed by atoms with Gasteiger partial charge in [0.05, 0.1) is 10.9 Å². The maximum atomic E-state index is 13.1. The normalized spacial score (nSPS) is 16.6. The van der Waals surface area contributed by atoms with Gasteiger partial charge >= 0.3 is 0 Å². The molecule has 1 fully saturated rings. The molecule has 0 aliphatic heterocycles. The van der Waals surface area contributed by atoms with Gasteiger partial charge in [-0.15, -0.1) is 0 Å². The molecule has 0 aromatic heterocycles. The van der Waals surface area contributed by atoms with E-state index in [9.17, 15) is 13.2 Å². The molecular weight excluding hydrogens is 384 g/mol. The third-order valence-corrected chi connectivity index (χ3v) is 7.94. The van der Waals surface area contributed by atoms with Crippen LogP contribution in [0.3, 0.4) is 0 Å². The third kappa shape index (κ3) is 4.70. The Morgan fingerprint density at radius 2 is 1.62 bits per heavy atom. The van der Waals surface area contributed by atoms with Crippen LogP contribution < -0.4 is 0 Å². The summed E-state index contributed by atoms with van der Waals surface area (Å²) in [6.45, 7) is 1.96. The quantitative estimate of drug-likeness (QED) is 0.701. The van der Waals surface area contributed by atoms with Gasteiger partial charge in [0.1, 0.15) is 0 Å². The van der Waals surface area contributed by atoms with Gasteiger partial charge in [0, 0.05) is 25.7 Å². The molecule has 0 N–H and O–H groups in total. The maximum Gasteiger partial charge on any atom is 0.254 e. The molecule has 1 atom stereocenters. The predicted octanol–water partition coefficient (Wildman–Crippen LogP) is 4.47. The van der Waals surface area contributed by atoms with E-state index < -0.39 is 10.0 Å². The van der Waals surface area contributed by atoms with Gasteiger partial charge in [0.2, 0.25) is 10.0 Å². The lowest BCUT2D eigenvalue weighted by Gasteiger charge is -2.30. The summed E-state index contributed by atoms with van der Waals surface area (Å²) >= 11 is 0. The lowest BCUT2D eigenvalue weighted by molar-refractivity contribution is 0.0742. The Morgan fingerprint density at radius 3 is 2.28 bits per heavy atom. The molecule has 6 heteroatoms. The molecular formula is C23H30N2O3S. The highest BCUT2D eigenvalue weighted by Gasteiger charge is 2.30. The SMILES string of the molecule is CC(c1ccccc1)N(C)C(=O)c1cccc(S(=O)(=O)N(C)C2CCCCC2)c1. The highest BCUT2D eigenvalue weighted by molar-refractivity contribution is 7.89. The van der Waals surface area contributed by atoms with Crippen molar-refractivity contribution < 1.29 is 13.2 Å². The number of carbonyl (C=O) groups excluding carboxylic acids is 1. The Morgan fingerprint density at radius 1 is 0.966 bits per heavy atom. The molecule has 29 heavy (non-hydrogen) atoms. The van der Waals surface area contributed by atoms with Crippen molar-refractivity contribution in [3.8, 4) is 0 Å². The first kappa shape index (κ1) is 21.5. The molecule has 1 amide bonds. The zero-order valence-corrected chi connectivity index (χ0v) is 18.2. The molecule has 2 aromatic rings. The summed E-state index contributed by atoms with van der Waals surface area (Å²) in [4.78, 5) is 14.9. The number of hydrogen-bond acceptors (Lipinski definition) is 3. The average molecular weight is 415 g/mol. The molecule has 0 heterocycles. The van der Waals surface area contributed by atoms with Crippen molar-refractivity contribution in [2.45, 2.75) is 56.0 Å². The summed E-state index contributed by atoms with van der Waals surface area (Å²) in [6.07, 6.45) is 5.08. The molecule has 1 aliphatic rings. The van der Waals surface area contributed by atoms with Gasteiger partial charge in [-0.3, -0.25) is 4.79 Å². The molecule has 3 rings (SSSR count). The first-order valence-corrected chi connectivity index (χ1v) is 11.7. The van der Waals surface area contributed by atoms with E-state index in [0.29, 0.717) is 5.56 Å². The second-order valence-electron chi connectivity index (χ2n) is 7.84. The van der Waals surface area contributed by atoms with Crippen LogP contribution >= 0.6 is 0 Å². The van der Waals surface area contributed by atoms with Crippen LogP contribution in [0.15, 0.2) is 59.5 Å². The van der Waals surface area contributed by atoms with Gasteiger partial charge in [-0.2, -0.15) is 4.31 Å². The molecule has 1 unspecified atom stereocenters. The minimum absolute atomic E-state index is 0.0360. The largest absolute Gasteiger partial charge is 0.335 e. The highest BCUT2D eigenvalue weighted by Crippen LogP contribution is 2.27. The molecule has 0 radical (unpaired) electrons. The van der Waals surface area contributed by atoms with E-state index in [-0.39, 0.29) is 22.9 Å². The fraction of sp³-hybridized carbons (Fsp3) is 0.435. The summed E-state index contributed by atoms with van der Waals surface area (Å²) in [6, 6.07) is 16.1. The first-order chi connectivity index (χ1) is 13.8. The van der Waals surface area contributed by atoms with Crippen LogP contribution in [0.5, 0.6) is 0 Å². The fourth-order valence-corrected chi connectivity index (χ4v) is 5.39. The van der Waals surface area contributed by atoms with E-state index in [4.69, 9.17) is 0 Å². The summed E-state index contributed by atoms with van der Waals surface area (Å²) < 4.78 is 27.8. The van der Waals surface area contributed by atoms with Crippen LogP contribution in [-0.2, 0) is 10.0 Å². The van der Waals surface area contributed by atoms with Crippen LogP contribution in [0.4, 0.5) is 0 Å². The Bertz CT molecular complexity index is 938. The minimum atomic E-state index is -3.63. The molecule has 1 aliphatic carbocycles. The van der Waals surface area contributed by atoms with Gasteiger partial charge in [0.25, 0.3) is 5.91 Å². The number of hydrogen-bond donors (Lipinski definition) is 0. The Labute approximate surface area is 174 Å². The molecule has 1 saturated carbocycles. The Balaban J connectivity index is 1.82. The molecule has 0 saturated heterocycles. The van der Waals surface area contributed by atoms with Crippen molar-refractivity contribution in [1.29, 1.82) is 0 Å². The van der Waals surface area contributed by atoms with Crippen LogP contribution in [0, 0.1) is 0 Å². The van der Waals surface area contributed by atoms with Crippen molar-refractivity contribution in [3.05, 3.63) is 65.7 Å². The number of benzene rings is 2. The zero-order valence-electron chi connectivity index (χ0n) is 17.4. The van der Waals surface area contributed by atoms with Gasteiger partial charge in [0.15, 0.2) is 0 Å². The fourth-order valence-electron chi connectivity index (χ4n) is 3.93. The standard InChI is InChI=1S/C23H30N2O3S/c1-18(19-11-6-4-7-12-19)24(2)23(26)20-13-10-16-22(17-20)29(27,28)25(3)21-14-8-5-9-15-21/h4,6-7,10-13,16-18,21H,5,8-9,14-15H2,1-3H3. The molecule has 0 bridgehead atoms. The zero-order chi connectivity index (χ0) is 21.0. The number of rotatable bonds is 6. The average Bonchev–Trinajstić information content (AvgIpc) is 2.78. The maximum absolute atomic E-state index is 13.1. The lowest BCUT2D eigenvalue weighted by atomic mass is 9.96. The van der Waals surface area contributed by atoms with E-state index in [1.165, 1.54) is 16.8 Å². The van der Waals surface area contributed by atoms with E-state index >= 15 is 0 Å². The van der Waals surface area contributed by atoms with E-state index in [0.717, 1.165) is 31.2 Å². The van der Waals surface area contributed by atoms with Crippen molar-refractivity contribution in [1.82, 2.24) is 9.21 Å². The van der Waals surface area contributed by atoms with E-state index in [2.05, 4.69) is 0 Å². The predicted molar refractivity (Wildman–Crippen MR) is 115 cm³/mol. The van der Waals surface area contributed by atoms with E-state index in [1.807, 2.05) is 37.3 Å².